The topological polar surface area (TPSA) is 79.7 Å². The number of aryl methyl sites for hydroxylation is 1. The number of methoxy groups -OCH3 is 1. The number of hydrogen-bond donors (Lipinski definition) is 0. The van der Waals surface area contributed by atoms with E-state index in [2.05, 4.69) is 131 Å². The molecule has 9 heteroatoms. The lowest BCUT2D eigenvalue weighted by molar-refractivity contribution is 0.116. The minimum atomic E-state index is -3.54. The van der Waals surface area contributed by atoms with Crippen molar-refractivity contribution < 1.29 is 21.8 Å². The molecule has 5 aromatic rings. The summed E-state index contributed by atoms with van der Waals surface area (Å²) in [6.45, 7) is 17.1. The maximum Gasteiger partial charge on any atom is 0.264 e. The molecule has 0 saturated heterocycles. The third kappa shape index (κ3) is 7.57. The molecule has 3 atom stereocenters. The number of ether oxygens (including phenoxy) is 1. The summed E-state index contributed by atoms with van der Waals surface area (Å²) in [4.78, 5) is 4.84. The van der Waals surface area contributed by atoms with Crippen molar-refractivity contribution in [1.29, 1.82) is 0 Å². The Morgan fingerprint density at radius 1 is 0.923 bits per heavy atom. The first-order chi connectivity index (χ1) is 24.6. The van der Waals surface area contributed by atoms with Gasteiger partial charge in [0.2, 0.25) is 0 Å². The molecule has 2 heterocycles. The van der Waals surface area contributed by atoms with Gasteiger partial charge in [0.1, 0.15) is 0 Å². The Morgan fingerprint density at radius 3 is 2.12 bits per heavy atom. The van der Waals surface area contributed by atoms with Gasteiger partial charge in [0.25, 0.3) is 18.4 Å². The van der Waals surface area contributed by atoms with Crippen LogP contribution in [-0.2, 0) is 36.4 Å². The van der Waals surface area contributed by atoms with Crippen molar-refractivity contribution in [2.75, 3.05) is 20.0 Å². The summed E-state index contributed by atoms with van der Waals surface area (Å²) in [5, 5.41) is 3.56. The van der Waals surface area contributed by atoms with Crippen LogP contribution in [0.1, 0.15) is 83.7 Å². The van der Waals surface area contributed by atoms with Crippen molar-refractivity contribution in [2.45, 2.75) is 91.0 Å². The number of nitrogens with zero attached hydrogens (tertiary/aromatic N) is 2. The Hall–Kier alpha value is -3.60. The van der Waals surface area contributed by atoms with Crippen LogP contribution in [0.2, 0.25) is 5.04 Å². The molecule has 0 N–H and O–H groups in total. The molecule has 52 heavy (non-hydrogen) atoms. The van der Waals surface area contributed by atoms with Crippen molar-refractivity contribution in [3.63, 3.8) is 0 Å². The zero-order chi connectivity index (χ0) is 37.5. The standard InChI is InChI=1S/C43H54N2O5SSi/c1-10-45-38-24-23-31(35-27-39(35)50-51(9,46)47)26-36(38)37(41(45)34-22-17-25-44-40(34)30(2)48-8)28-43(6,7)29-49-52(42(3,4)5,32-18-13-11-14-19-32)33-20-15-12-16-21-33/h11-26,30,35,39H,10,27-29H2,1-9H3/t30-,35-,39+/m1/s1. The van der Waals surface area contributed by atoms with Gasteiger partial charge < -0.3 is 13.7 Å². The Bertz CT molecular complexity index is 2080. The zero-order valence-electron chi connectivity index (χ0n) is 32.1. The van der Waals surface area contributed by atoms with Gasteiger partial charge in [-0.3, -0.25) is 9.17 Å². The number of rotatable bonds is 14. The van der Waals surface area contributed by atoms with Crippen LogP contribution in [-0.4, -0.2) is 52.4 Å². The van der Waals surface area contributed by atoms with E-state index in [1.165, 1.54) is 15.9 Å². The molecule has 6 rings (SSSR count). The molecule has 1 aliphatic rings. The number of pyridine rings is 1. The fourth-order valence-electron chi connectivity index (χ4n) is 7.99. The molecule has 1 saturated carbocycles. The molecule has 1 fully saturated rings. The van der Waals surface area contributed by atoms with Crippen LogP contribution < -0.4 is 10.4 Å². The average molecular weight is 739 g/mol. The molecule has 0 radical (unpaired) electrons. The average Bonchev–Trinajstić information content (AvgIpc) is 3.80. The molecule has 0 aliphatic heterocycles. The third-order valence-electron chi connectivity index (χ3n) is 10.6. The van der Waals surface area contributed by atoms with E-state index in [0.717, 1.165) is 52.6 Å². The summed E-state index contributed by atoms with van der Waals surface area (Å²) in [5.41, 5.74) is 6.28. The summed E-state index contributed by atoms with van der Waals surface area (Å²) >= 11 is 0. The summed E-state index contributed by atoms with van der Waals surface area (Å²) in [6, 6.07) is 32.4. The monoisotopic (exact) mass is 738 g/mol. The molecule has 276 valence electrons. The summed E-state index contributed by atoms with van der Waals surface area (Å²) in [7, 11) is -4.59. The predicted octanol–water partition coefficient (Wildman–Crippen LogP) is 8.41. The summed E-state index contributed by atoms with van der Waals surface area (Å²) < 4.78 is 45.1. The number of fused-ring (bicyclic) bond motifs is 1. The van der Waals surface area contributed by atoms with E-state index in [9.17, 15) is 8.42 Å². The van der Waals surface area contributed by atoms with Gasteiger partial charge in [0.05, 0.1) is 29.9 Å². The first kappa shape index (κ1) is 38.1. The highest BCUT2D eigenvalue weighted by molar-refractivity contribution is 7.86. The number of aromatic nitrogens is 2. The van der Waals surface area contributed by atoms with E-state index in [0.29, 0.717) is 13.0 Å². The van der Waals surface area contributed by atoms with Gasteiger partial charge in [0.15, 0.2) is 0 Å². The van der Waals surface area contributed by atoms with Crippen molar-refractivity contribution in [2.24, 2.45) is 5.41 Å². The van der Waals surface area contributed by atoms with E-state index in [1.807, 2.05) is 19.2 Å². The highest BCUT2D eigenvalue weighted by Crippen LogP contribution is 2.47. The lowest BCUT2D eigenvalue weighted by Crippen LogP contribution is -2.67. The molecule has 7 nitrogen and oxygen atoms in total. The quantitative estimate of drug-likeness (QED) is 0.0842. The Kier molecular flexibility index (Phi) is 10.8. The fourth-order valence-corrected chi connectivity index (χ4v) is 13.4. The van der Waals surface area contributed by atoms with E-state index in [4.69, 9.17) is 18.3 Å². The van der Waals surface area contributed by atoms with Crippen LogP contribution in [0.25, 0.3) is 22.2 Å². The van der Waals surface area contributed by atoms with E-state index in [1.54, 1.807) is 7.11 Å². The smallest absolute Gasteiger partial charge is 0.264 e. The van der Waals surface area contributed by atoms with Gasteiger partial charge in [-0.25, -0.2) is 0 Å². The minimum absolute atomic E-state index is 0.0364. The summed E-state index contributed by atoms with van der Waals surface area (Å²) in [5.74, 6) is 0.0364. The molecule has 2 aromatic heterocycles. The van der Waals surface area contributed by atoms with E-state index < -0.39 is 18.4 Å². The lowest BCUT2D eigenvalue weighted by atomic mass is 9.84. The largest absolute Gasteiger partial charge is 0.407 e. The molecular weight excluding hydrogens is 685 g/mol. The highest BCUT2D eigenvalue weighted by atomic mass is 32.2. The van der Waals surface area contributed by atoms with Crippen molar-refractivity contribution >= 4 is 39.7 Å². The maximum absolute atomic E-state index is 12.0. The summed E-state index contributed by atoms with van der Waals surface area (Å²) in [6.07, 6.45) is 3.87. The molecule has 0 spiro atoms. The van der Waals surface area contributed by atoms with Gasteiger partial charge in [-0.2, -0.15) is 8.42 Å². The molecule has 0 bridgehead atoms. The SMILES string of the molecule is CCn1c(-c2cccnc2[C@@H](C)OC)c(CC(C)(C)CO[Si](c2ccccc2)(c2ccccc2)C(C)(C)C)c2cc([C@H]3C[C@@H]3OS(C)(=O)=O)ccc21. The van der Waals surface area contributed by atoms with Gasteiger partial charge >= 0.3 is 0 Å². The van der Waals surface area contributed by atoms with E-state index >= 15 is 0 Å². The van der Waals surface area contributed by atoms with Crippen LogP contribution in [0.3, 0.4) is 0 Å². The zero-order valence-corrected chi connectivity index (χ0v) is 34.0. The van der Waals surface area contributed by atoms with Gasteiger partial charge in [-0.05, 0) is 82.9 Å². The number of hydrogen-bond acceptors (Lipinski definition) is 6. The Labute approximate surface area is 311 Å². The first-order valence-corrected chi connectivity index (χ1v) is 22.1. The van der Waals surface area contributed by atoms with Gasteiger partial charge in [-0.15, -0.1) is 0 Å². The molecular formula is C43H54N2O5SSi. The van der Waals surface area contributed by atoms with E-state index in [-0.39, 0.29) is 28.6 Å². The second-order valence-corrected chi connectivity index (χ2v) is 22.0. The highest BCUT2D eigenvalue weighted by Gasteiger charge is 2.51. The molecule has 1 aliphatic carbocycles. The predicted molar refractivity (Wildman–Crippen MR) is 214 cm³/mol. The number of benzene rings is 3. The van der Waals surface area contributed by atoms with Crippen molar-refractivity contribution in [3.05, 3.63) is 114 Å². The first-order valence-electron chi connectivity index (χ1n) is 18.4. The Balaban J connectivity index is 1.48. The van der Waals surface area contributed by atoms with Crippen LogP contribution in [0.15, 0.2) is 97.2 Å². The molecule has 3 aromatic carbocycles. The van der Waals surface area contributed by atoms with Gasteiger partial charge in [0, 0.05) is 48.8 Å². The molecule has 0 unspecified atom stereocenters. The van der Waals surface area contributed by atoms with Crippen LogP contribution in [0, 0.1) is 5.41 Å². The normalized spacial score (nSPS) is 17.4. The minimum Gasteiger partial charge on any atom is -0.407 e. The van der Waals surface area contributed by atoms with Crippen LogP contribution in [0.5, 0.6) is 0 Å². The van der Waals surface area contributed by atoms with Crippen LogP contribution in [0.4, 0.5) is 0 Å². The maximum atomic E-state index is 12.0. The molecule has 0 amide bonds. The van der Waals surface area contributed by atoms with Gasteiger partial charge in [-0.1, -0.05) is 101 Å². The Morgan fingerprint density at radius 2 is 1.56 bits per heavy atom. The van der Waals surface area contributed by atoms with Crippen molar-refractivity contribution in [1.82, 2.24) is 9.55 Å². The van der Waals surface area contributed by atoms with Crippen molar-refractivity contribution in [3.8, 4) is 11.3 Å². The fraction of sp³-hybridized carbons (Fsp3) is 0.419. The third-order valence-corrected chi connectivity index (χ3v) is 16.1. The lowest BCUT2D eigenvalue weighted by Gasteiger charge is -2.44. The second kappa shape index (κ2) is 14.7. The van der Waals surface area contributed by atoms with Crippen LogP contribution >= 0.6 is 0 Å². The second-order valence-electron chi connectivity index (χ2n) is 16.1.